The summed E-state index contributed by atoms with van der Waals surface area (Å²) >= 11 is 0. The molecule has 0 amide bonds. The van der Waals surface area contributed by atoms with Crippen LogP contribution in [-0.4, -0.2) is 45.7 Å². The van der Waals surface area contributed by atoms with Gasteiger partial charge in [0, 0.05) is 49.0 Å². The van der Waals surface area contributed by atoms with Gasteiger partial charge in [-0.3, -0.25) is 0 Å². The van der Waals surface area contributed by atoms with Crippen molar-refractivity contribution in [2.45, 2.75) is 56.9 Å². The van der Waals surface area contributed by atoms with Crippen LogP contribution in [0.5, 0.6) is 0 Å². The third kappa shape index (κ3) is 3.45. The number of nitrogens with one attached hydrogen (secondary N) is 2. The second kappa shape index (κ2) is 7.79. The Kier molecular flexibility index (Phi) is 4.78. The third-order valence-electron chi connectivity index (χ3n) is 7.42. The number of nitrogens with zero attached hydrogens (tertiary/aromatic N) is 5. The van der Waals surface area contributed by atoms with Gasteiger partial charge in [0.05, 0.1) is 11.9 Å². The molecule has 6 rings (SSSR count). The van der Waals surface area contributed by atoms with Crippen molar-refractivity contribution in [1.82, 2.24) is 24.8 Å². The van der Waals surface area contributed by atoms with Crippen molar-refractivity contribution in [3.63, 3.8) is 0 Å². The maximum Gasteiger partial charge on any atom is 0.230 e. The maximum absolute atomic E-state index is 4.99. The largest absolute Gasteiger partial charge is 0.368 e. The first kappa shape index (κ1) is 19.0. The first-order chi connectivity index (χ1) is 15.3. The summed E-state index contributed by atoms with van der Waals surface area (Å²) in [5, 5.41) is 7.89. The number of rotatable bonds is 3. The van der Waals surface area contributed by atoms with E-state index in [0.29, 0.717) is 5.95 Å². The van der Waals surface area contributed by atoms with Gasteiger partial charge in [-0.1, -0.05) is 19.3 Å². The third-order valence-corrected chi connectivity index (χ3v) is 7.42. The van der Waals surface area contributed by atoms with Crippen LogP contribution < -0.4 is 15.5 Å². The molecule has 3 aromatic heterocycles. The zero-order valence-corrected chi connectivity index (χ0v) is 18.1. The van der Waals surface area contributed by atoms with E-state index in [2.05, 4.69) is 42.2 Å². The van der Waals surface area contributed by atoms with Crippen molar-refractivity contribution in [3.05, 3.63) is 36.3 Å². The number of aryl methyl sites for hydroxylation is 1. The normalized spacial score (nSPS) is 20.7. The number of hydrogen-bond acceptors (Lipinski definition) is 6. The van der Waals surface area contributed by atoms with Gasteiger partial charge in [-0.25, -0.2) is 9.97 Å². The van der Waals surface area contributed by atoms with Crippen LogP contribution in [0.2, 0.25) is 0 Å². The predicted octanol–water partition coefficient (Wildman–Crippen LogP) is 3.98. The van der Waals surface area contributed by atoms with E-state index in [1.807, 2.05) is 18.5 Å². The number of hydrogen-bond donors (Lipinski definition) is 2. The first-order valence-corrected chi connectivity index (χ1v) is 11.9. The molecule has 162 valence electrons. The lowest BCUT2D eigenvalue weighted by Crippen LogP contribution is -2.43. The summed E-state index contributed by atoms with van der Waals surface area (Å²) in [6.45, 7) is 4.10. The van der Waals surface area contributed by atoms with Gasteiger partial charge >= 0.3 is 0 Å². The molecule has 0 aromatic carbocycles. The van der Waals surface area contributed by atoms with Crippen molar-refractivity contribution < 1.29 is 0 Å². The van der Waals surface area contributed by atoms with Gasteiger partial charge < -0.3 is 20.1 Å². The number of anilines is 3. The molecule has 7 nitrogen and oxygen atoms in total. The van der Waals surface area contributed by atoms with E-state index >= 15 is 0 Å². The summed E-state index contributed by atoms with van der Waals surface area (Å²) in [6, 6.07) is 6.48. The van der Waals surface area contributed by atoms with E-state index in [0.717, 1.165) is 49.5 Å². The predicted molar refractivity (Wildman–Crippen MR) is 124 cm³/mol. The Hall–Kier alpha value is -2.67. The van der Waals surface area contributed by atoms with Crippen molar-refractivity contribution in [1.29, 1.82) is 0 Å². The van der Waals surface area contributed by atoms with Crippen molar-refractivity contribution in [2.24, 2.45) is 0 Å². The Bertz CT molecular complexity index is 1060. The molecular formula is C24H31N7. The van der Waals surface area contributed by atoms with Gasteiger partial charge in [0.2, 0.25) is 5.95 Å². The van der Waals surface area contributed by atoms with Crippen LogP contribution in [0.3, 0.4) is 0 Å². The van der Waals surface area contributed by atoms with Gasteiger partial charge in [-0.15, -0.1) is 0 Å². The molecule has 2 N–H and O–H groups in total. The second-order valence-electron chi connectivity index (χ2n) is 9.35. The van der Waals surface area contributed by atoms with Crippen molar-refractivity contribution in [2.75, 3.05) is 36.4 Å². The molecule has 2 aliphatic heterocycles. The van der Waals surface area contributed by atoms with Gasteiger partial charge in [0.15, 0.2) is 0 Å². The fraction of sp³-hybridized carbons (Fsp3) is 0.542. The summed E-state index contributed by atoms with van der Waals surface area (Å²) < 4.78 is 2.58. The summed E-state index contributed by atoms with van der Waals surface area (Å²) in [5.41, 5.74) is 3.96. The average molecular weight is 418 g/mol. The zero-order valence-electron chi connectivity index (χ0n) is 18.1. The number of piperazine rings is 1. The van der Waals surface area contributed by atoms with Gasteiger partial charge in [-0.05, 0) is 50.3 Å². The highest BCUT2D eigenvalue weighted by atomic mass is 15.2. The lowest BCUT2D eigenvalue weighted by atomic mass is 9.76. The molecule has 3 aromatic rings. The minimum absolute atomic E-state index is 0.266. The molecule has 31 heavy (non-hydrogen) atoms. The SMILES string of the molecule is c1cc(Nc2ncc3cc4n(c3n2)C2(CCCCC2)CCC4)ncc1N1CCNCC1. The topological polar surface area (TPSA) is 70.9 Å². The van der Waals surface area contributed by atoms with E-state index in [1.54, 1.807) is 0 Å². The molecule has 1 saturated carbocycles. The molecule has 5 heterocycles. The molecule has 0 unspecified atom stereocenters. The fourth-order valence-electron chi connectivity index (χ4n) is 5.90. The smallest absolute Gasteiger partial charge is 0.230 e. The molecule has 3 aliphatic rings. The molecule has 1 spiro atoms. The van der Waals surface area contributed by atoms with Crippen LogP contribution in [0.4, 0.5) is 17.5 Å². The lowest BCUT2D eigenvalue weighted by Gasteiger charge is -2.43. The molecule has 1 saturated heterocycles. The van der Waals surface area contributed by atoms with Crippen LogP contribution in [0, 0.1) is 0 Å². The lowest BCUT2D eigenvalue weighted by molar-refractivity contribution is 0.159. The first-order valence-electron chi connectivity index (χ1n) is 11.9. The van der Waals surface area contributed by atoms with Gasteiger partial charge in [-0.2, -0.15) is 4.98 Å². The monoisotopic (exact) mass is 417 g/mol. The van der Waals surface area contributed by atoms with Crippen LogP contribution in [0.1, 0.15) is 50.6 Å². The van der Waals surface area contributed by atoms with E-state index in [-0.39, 0.29) is 5.54 Å². The van der Waals surface area contributed by atoms with Crippen LogP contribution in [-0.2, 0) is 12.0 Å². The van der Waals surface area contributed by atoms with Crippen LogP contribution in [0.15, 0.2) is 30.6 Å². The highest BCUT2D eigenvalue weighted by molar-refractivity contribution is 5.78. The Balaban J connectivity index is 1.29. The van der Waals surface area contributed by atoms with Crippen LogP contribution >= 0.6 is 0 Å². The molecular weight excluding hydrogens is 386 g/mol. The maximum atomic E-state index is 4.99. The molecule has 7 heteroatoms. The summed E-state index contributed by atoms with van der Waals surface area (Å²) in [6.07, 6.45) is 14.2. The Morgan fingerprint density at radius 3 is 2.58 bits per heavy atom. The van der Waals surface area contributed by atoms with E-state index in [1.165, 1.54) is 56.3 Å². The molecule has 0 bridgehead atoms. The Labute approximate surface area is 183 Å². The number of aromatic nitrogens is 4. The van der Waals surface area contributed by atoms with Gasteiger partial charge in [0.1, 0.15) is 11.5 Å². The minimum atomic E-state index is 0.266. The van der Waals surface area contributed by atoms with Crippen LogP contribution in [0.25, 0.3) is 11.0 Å². The van der Waals surface area contributed by atoms with Gasteiger partial charge in [0.25, 0.3) is 0 Å². The highest BCUT2D eigenvalue weighted by Crippen LogP contribution is 2.45. The van der Waals surface area contributed by atoms with Crippen molar-refractivity contribution in [3.8, 4) is 0 Å². The van der Waals surface area contributed by atoms with E-state index in [9.17, 15) is 0 Å². The molecule has 1 aliphatic carbocycles. The van der Waals surface area contributed by atoms with E-state index in [4.69, 9.17) is 4.98 Å². The number of fused-ring (bicyclic) bond motifs is 4. The minimum Gasteiger partial charge on any atom is -0.368 e. The summed E-state index contributed by atoms with van der Waals surface area (Å²) in [5.74, 6) is 1.42. The molecule has 0 atom stereocenters. The average Bonchev–Trinajstić information content (AvgIpc) is 3.20. The number of pyridine rings is 1. The molecule has 2 fully saturated rings. The zero-order chi connectivity index (χ0) is 20.7. The molecule has 0 radical (unpaired) electrons. The Morgan fingerprint density at radius 1 is 0.935 bits per heavy atom. The highest BCUT2D eigenvalue weighted by Gasteiger charge is 2.38. The summed E-state index contributed by atoms with van der Waals surface area (Å²) in [7, 11) is 0. The standard InChI is InChI=1S/C24H31N7/c1-2-8-24(9-3-1)10-4-5-19-15-18-16-27-23(29-22(18)31(19)24)28-21-7-6-20(17-26-21)30-13-11-25-12-14-30/h6-7,15-17,25H,1-5,8-14H2,(H,26,27,28,29). The quantitative estimate of drug-likeness (QED) is 0.672. The summed E-state index contributed by atoms with van der Waals surface area (Å²) in [4.78, 5) is 16.6. The fourth-order valence-corrected chi connectivity index (χ4v) is 5.90. The second-order valence-corrected chi connectivity index (χ2v) is 9.35. The van der Waals surface area contributed by atoms with Crippen molar-refractivity contribution >= 4 is 28.5 Å². The Morgan fingerprint density at radius 2 is 1.77 bits per heavy atom. The van der Waals surface area contributed by atoms with E-state index < -0.39 is 0 Å².